The van der Waals surface area contributed by atoms with E-state index in [1.54, 1.807) is 6.92 Å². The highest BCUT2D eigenvalue weighted by molar-refractivity contribution is 5.91. The van der Waals surface area contributed by atoms with Gasteiger partial charge in [-0.15, -0.1) is 0 Å². The van der Waals surface area contributed by atoms with Crippen LogP contribution in [-0.2, 0) is 14.3 Å². The van der Waals surface area contributed by atoms with E-state index in [0.29, 0.717) is 31.2 Å². The van der Waals surface area contributed by atoms with E-state index in [4.69, 9.17) is 4.74 Å². The van der Waals surface area contributed by atoms with Crippen LogP contribution in [-0.4, -0.2) is 31.4 Å². The molecule has 2 heterocycles. The molecule has 0 bridgehead atoms. The Balaban J connectivity index is 1.76. The third kappa shape index (κ3) is 3.03. The van der Waals surface area contributed by atoms with Crippen molar-refractivity contribution in [3.8, 4) is 0 Å². The van der Waals surface area contributed by atoms with E-state index in [2.05, 4.69) is 22.8 Å². The van der Waals surface area contributed by atoms with Crippen LogP contribution in [0.1, 0.15) is 39.0 Å². The van der Waals surface area contributed by atoms with E-state index in [-0.39, 0.29) is 17.8 Å². The monoisotopic (exact) mass is 368 g/mol. The van der Waals surface area contributed by atoms with Crippen molar-refractivity contribution in [2.45, 2.75) is 39.0 Å². The van der Waals surface area contributed by atoms with Crippen LogP contribution in [0, 0.1) is 17.3 Å². The lowest BCUT2D eigenvalue weighted by Crippen LogP contribution is -2.39. The molecular weight excluding hydrogens is 340 g/mol. The van der Waals surface area contributed by atoms with Gasteiger partial charge in [-0.1, -0.05) is 37.5 Å². The van der Waals surface area contributed by atoms with Crippen molar-refractivity contribution < 1.29 is 14.3 Å². The van der Waals surface area contributed by atoms with Gasteiger partial charge in [-0.2, -0.15) is 0 Å². The number of ether oxygens (including phenoxy) is 1. The summed E-state index contributed by atoms with van der Waals surface area (Å²) in [5, 5.41) is 6.64. The van der Waals surface area contributed by atoms with Gasteiger partial charge in [0.05, 0.1) is 17.9 Å². The number of nitrogens with one attached hydrogen (secondary N) is 2. The van der Waals surface area contributed by atoms with Crippen LogP contribution >= 0.6 is 0 Å². The number of rotatable bonds is 4. The van der Waals surface area contributed by atoms with Gasteiger partial charge in [0.1, 0.15) is 11.5 Å². The van der Waals surface area contributed by atoms with Crippen molar-refractivity contribution in [1.82, 2.24) is 10.6 Å². The van der Waals surface area contributed by atoms with Crippen molar-refractivity contribution in [1.29, 1.82) is 0 Å². The summed E-state index contributed by atoms with van der Waals surface area (Å²) >= 11 is 0. The Morgan fingerprint density at radius 1 is 1.22 bits per heavy atom. The molecular formula is C22H28N2O3. The zero-order valence-corrected chi connectivity index (χ0v) is 15.9. The van der Waals surface area contributed by atoms with Gasteiger partial charge in [-0.25, -0.2) is 4.79 Å². The Labute approximate surface area is 160 Å². The molecule has 5 nitrogen and oxygen atoms in total. The number of hydrogen-bond donors (Lipinski definition) is 2. The Kier molecular flexibility index (Phi) is 4.94. The maximum atomic E-state index is 13.5. The molecule has 2 fully saturated rings. The molecule has 4 aliphatic rings. The summed E-state index contributed by atoms with van der Waals surface area (Å²) in [5.74, 6) is -0.0613. The van der Waals surface area contributed by atoms with E-state index >= 15 is 0 Å². The van der Waals surface area contributed by atoms with Crippen molar-refractivity contribution in [2.75, 3.05) is 19.7 Å². The number of ketones is 1. The summed E-state index contributed by atoms with van der Waals surface area (Å²) in [6.45, 7) is 3.30. The lowest BCUT2D eigenvalue weighted by Gasteiger charge is -2.36. The number of carbonyl (C=O) groups is 2. The predicted octanol–water partition coefficient (Wildman–Crippen LogP) is 2.77. The predicted molar refractivity (Wildman–Crippen MR) is 104 cm³/mol. The molecule has 144 valence electrons. The fourth-order valence-electron chi connectivity index (χ4n) is 5.03. The molecule has 2 aliphatic heterocycles. The fraction of sp³-hybridized carbons (Fsp3) is 0.545. The highest BCUT2D eigenvalue weighted by Crippen LogP contribution is 2.52. The van der Waals surface area contributed by atoms with Crippen LogP contribution in [0.3, 0.4) is 0 Å². The van der Waals surface area contributed by atoms with Crippen LogP contribution in [0.5, 0.6) is 0 Å². The third-order valence-electron chi connectivity index (χ3n) is 6.34. The number of carbonyl (C=O) groups excluding carboxylic acids is 2. The van der Waals surface area contributed by atoms with Crippen molar-refractivity contribution in [2.24, 2.45) is 17.3 Å². The van der Waals surface area contributed by atoms with Crippen LogP contribution in [0.15, 0.2) is 47.3 Å². The number of allylic oxidation sites excluding steroid dienone is 4. The summed E-state index contributed by atoms with van der Waals surface area (Å²) in [6, 6.07) is 0. The quantitative estimate of drug-likeness (QED) is 0.747. The van der Waals surface area contributed by atoms with Crippen molar-refractivity contribution in [3.05, 3.63) is 47.3 Å². The fourth-order valence-corrected chi connectivity index (χ4v) is 5.03. The maximum absolute atomic E-state index is 13.5. The van der Waals surface area contributed by atoms with E-state index < -0.39 is 5.41 Å². The highest BCUT2D eigenvalue weighted by atomic mass is 16.5. The molecule has 2 aliphatic carbocycles. The van der Waals surface area contributed by atoms with E-state index in [1.165, 1.54) is 6.42 Å². The Morgan fingerprint density at radius 3 is 2.81 bits per heavy atom. The van der Waals surface area contributed by atoms with Crippen LogP contribution < -0.4 is 10.6 Å². The lowest BCUT2D eigenvalue weighted by atomic mass is 9.64. The number of hydrogen-bond acceptors (Lipinski definition) is 5. The van der Waals surface area contributed by atoms with Crippen LogP contribution in [0.2, 0.25) is 0 Å². The molecule has 1 spiro atoms. The van der Waals surface area contributed by atoms with Crippen molar-refractivity contribution >= 4 is 11.8 Å². The topological polar surface area (TPSA) is 67.4 Å². The molecule has 4 rings (SSSR count). The number of Topliss-reactive ketones (excluding diaryl/α,β-unsaturated/α-hetero) is 1. The number of esters is 1. The Hall–Kier alpha value is -2.30. The molecule has 5 heteroatoms. The van der Waals surface area contributed by atoms with Gasteiger partial charge in [0.2, 0.25) is 0 Å². The smallest absolute Gasteiger partial charge is 0.354 e. The molecule has 2 N–H and O–H groups in total. The minimum absolute atomic E-state index is 0.141. The molecule has 0 aromatic carbocycles. The standard InChI is InChI=1S/C22H28N2O3/c1-2-27-21(26)18-13-22-16(11-12-23-18)9-6-10-19(22)24-14-17(22)20(25)15-7-4-3-5-8-15/h6,9-11,13,15,17,23-24H,2-5,7-8,12,14H2,1H3. The van der Waals surface area contributed by atoms with E-state index in [9.17, 15) is 9.59 Å². The second-order valence-electron chi connectivity index (χ2n) is 7.80. The summed E-state index contributed by atoms with van der Waals surface area (Å²) in [4.78, 5) is 26.0. The first-order valence-corrected chi connectivity index (χ1v) is 10.2. The van der Waals surface area contributed by atoms with Gasteiger partial charge >= 0.3 is 5.97 Å². The van der Waals surface area contributed by atoms with Gasteiger partial charge in [-0.3, -0.25) is 4.79 Å². The van der Waals surface area contributed by atoms with Crippen molar-refractivity contribution in [3.63, 3.8) is 0 Å². The molecule has 1 saturated heterocycles. The average molecular weight is 368 g/mol. The van der Waals surface area contributed by atoms with E-state index in [0.717, 1.165) is 37.0 Å². The second kappa shape index (κ2) is 7.37. The zero-order chi connectivity index (χ0) is 18.9. The zero-order valence-electron chi connectivity index (χ0n) is 15.9. The van der Waals surface area contributed by atoms with Crippen LogP contribution in [0.4, 0.5) is 0 Å². The molecule has 1 saturated carbocycles. The summed E-state index contributed by atoms with van der Waals surface area (Å²) in [6.07, 6.45) is 15.7. The summed E-state index contributed by atoms with van der Waals surface area (Å²) in [5.41, 5.74) is 1.96. The Morgan fingerprint density at radius 2 is 2.04 bits per heavy atom. The average Bonchev–Trinajstić information content (AvgIpc) is 2.94. The summed E-state index contributed by atoms with van der Waals surface area (Å²) < 4.78 is 5.24. The SMILES string of the molecule is CCOC(=O)C1=CC23C(=CCN1)C=CC=C2NCC3C(=O)C1CCCCC1. The van der Waals surface area contributed by atoms with Gasteiger partial charge in [-0.05, 0) is 37.5 Å². The van der Waals surface area contributed by atoms with Gasteiger partial charge in [0, 0.05) is 24.7 Å². The first-order chi connectivity index (χ1) is 13.2. The molecule has 0 aromatic rings. The highest BCUT2D eigenvalue weighted by Gasteiger charge is 2.53. The van der Waals surface area contributed by atoms with Gasteiger partial charge in [0.25, 0.3) is 0 Å². The second-order valence-corrected chi connectivity index (χ2v) is 7.80. The minimum atomic E-state index is -0.588. The Bertz CT molecular complexity index is 756. The lowest BCUT2D eigenvalue weighted by molar-refractivity contribution is -0.139. The van der Waals surface area contributed by atoms with Gasteiger partial charge < -0.3 is 15.4 Å². The first kappa shape index (κ1) is 18.1. The third-order valence-corrected chi connectivity index (χ3v) is 6.34. The maximum Gasteiger partial charge on any atom is 0.354 e. The van der Waals surface area contributed by atoms with Gasteiger partial charge in [0.15, 0.2) is 0 Å². The molecule has 0 amide bonds. The molecule has 27 heavy (non-hydrogen) atoms. The molecule has 2 atom stereocenters. The molecule has 2 unspecified atom stereocenters. The first-order valence-electron chi connectivity index (χ1n) is 10.2. The summed E-state index contributed by atoms with van der Waals surface area (Å²) in [7, 11) is 0. The minimum Gasteiger partial charge on any atom is -0.461 e. The molecule has 0 radical (unpaired) electrons. The molecule has 0 aromatic heterocycles. The van der Waals surface area contributed by atoms with Crippen LogP contribution in [0.25, 0.3) is 0 Å². The largest absolute Gasteiger partial charge is 0.461 e. The normalized spacial score (nSPS) is 29.8. The van der Waals surface area contributed by atoms with E-state index in [1.807, 2.05) is 18.2 Å².